The van der Waals surface area contributed by atoms with E-state index >= 15 is 0 Å². The fraction of sp³-hybridized carbons (Fsp3) is 0.0408. The van der Waals surface area contributed by atoms with Crippen molar-refractivity contribution < 1.29 is 4.74 Å². The Balaban J connectivity index is 1.16. The Kier molecular flexibility index (Phi) is 5.77. The molecule has 3 aromatic heterocycles. The van der Waals surface area contributed by atoms with Crippen LogP contribution in [-0.2, 0) is 5.41 Å². The second-order valence-corrected chi connectivity index (χ2v) is 14.4. The summed E-state index contributed by atoms with van der Waals surface area (Å²) in [5.41, 5.74) is 15.2. The maximum absolute atomic E-state index is 9.80. The van der Waals surface area contributed by atoms with E-state index < -0.39 is 5.41 Å². The third-order valence-electron chi connectivity index (χ3n) is 11.9. The average molecular weight is 689 g/mol. The van der Waals surface area contributed by atoms with Crippen LogP contribution in [0.25, 0.3) is 50.0 Å². The molecule has 4 heterocycles. The van der Waals surface area contributed by atoms with Crippen molar-refractivity contribution in [3.8, 4) is 45.8 Å². The second-order valence-electron chi connectivity index (χ2n) is 14.4. The molecule has 3 aliphatic rings. The van der Waals surface area contributed by atoms with Crippen LogP contribution in [0.4, 0.5) is 0 Å². The Morgan fingerprint density at radius 3 is 1.91 bits per heavy atom. The number of benzene rings is 6. The number of hydrogen-bond donors (Lipinski definition) is 0. The van der Waals surface area contributed by atoms with Crippen molar-refractivity contribution >= 4 is 21.8 Å². The summed E-state index contributed by atoms with van der Waals surface area (Å²) in [6, 6.07) is 56.1. The summed E-state index contributed by atoms with van der Waals surface area (Å²) < 4.78 is 9.31. The molecular weight excluding hydrogens is 661 g/mol. The molecule has 1 aliphatic heterocycles. The predicted octanol–water partition coefficient (Wildman–Crippen LogP) is 11.1. The summed E-state index contributed by atoms with van der Waals surface area (Å²) in [4.78, 5) is 9.98. The number of rotatable bonds is 2. The van der Waals surface area contributed by atoms with Gasteiger partial charge in [0.1, 0.15) is 11.5 Å². The van der Waals surface area contributed by atoms with Gasteiger partial charge in [0.2, 0.25) is 0 Å². The average Bonchev–Trinajstić information content (AvgIpc) is 3.85. The second kappa shape index (κ2) is 10.6. The zero-order valence-corrected chi connectivity index (χ0v) is 28.9. The molecule has 6 aromatic carbocycles. The highest BCUT2D eigenvalue weighted by Gasteiger charge is 2.53. The van der Waals surface area contributed by atoms with E-state index in [1.807, 2.05) is 36.7 Å². The highest BCUT2D eigenvalue weighted by Crippen LogP contribution is 2.62. The maximum atomic E-state index is 9.80. The molecule has 2 aliphatic carbocycles. The van der Waals surface area contributed by atoms with E-state index in [4.69, 9.17) is 14.7 Å². The molecule has 0 amide bonds. The van der Waals surface area contributed by atoms with Crippen LogP contribution in [-0.4, -0.2) is 14.5 Å². The van der Waals surface area contributed by atoms with Gasteiger partial charge in [0.05, 0.1) is 39.5 Å². The fourth-order valence-electron chi connectivity index (χ4n) is 9.76. The van der Waals surface area contributed by atoms with Crippen LogP contribution in [0.2, 0.25) is 0 Å². The molecule has 0 bridgehead atoms. The monoisotopic (exact) mass is 688 g/mol. The lowest BCUT2D eigenvalue weighted by Gasteiger charge is -2.39. The zero-order chi connectivity index (χ0) is 35.5. The number of aromatic nitrogens is 3. The van der Waals surface area contributed by atoms with Crippen molar-refractivity contribution in [3.05, 3.63) is 209 Å². The van der Waals surface area contributed by atoms with Crippen molar-refractivity contribution in [1.82, 2.24) is 14.5 Å². The van der Waals surface area contributed by atoms with E-state index in [9.17, 15) is 5.26 Å². The molecule has 12 rings (SSSR count). The third-order valence-corrected chi connectivity index (χ3v) is 11.9. The summed E-state index contributed by atoms with van der Waals surface area (Å²) >= 11 is 0. The van der Waals surface area contributed by atoms with Crippen molar-refractivity contribution in [2.75, 3.05) is 0 Å². The molecule has 250 valence electrons. The van der Waals surface area contributed by atoms with Crippen LogP contribution in [0.3, 0.4) is 0 Å². The number of para-hydroxylation sites is 2. The SMILES string of the molecule is N#Cc1ccc2c(c1)-c1ccccc1C2c1ccc2c(c1)C1(c3cc(-n4c5ccccc5c5ccccc54)ccc3O2)c2cccnc2-c2ncccc21. The van der Waals surface area contributed by atoms with Gasteiger partial charge in [-0.15, -0.1) is 0 Å². The van der Waals surface area contributed by atoms with Gasteiger partial charge < -0.3 is 9.30 Å². The number of fused-ring (bicyclic) bond motifs is 15. The van der Waals surface area contributed by atoms with Crippen molar-refractivity contribution in [2.45, 2.75) is 11.3 Å². The first-order valence-electron chi connectivity index (χ1n) is 18.2. The molecule has 0 saturated heterocycles. The van der Waals surface area contributed by atoms with E-state index in [-0.39, 0.29) is 5.92 Å². The number of hydrogen-bond acceptors (Lipinski definition) is 4. The van der Waals surface area contributed by atoms with Gasteiger partial charge in [-0.1, -0.05) is 84.9 Å². The Hall–Kier alpha value is -7.29. The Morgan fingerprint density at radius 1 is 0.556 bits per heavy atom. The quantitative estimate of drug-likeness (QED) is 0.181. The Labute approximate surface area is 311 Å². The molecular formula is C49H28N4O. The van der Waals surface area contributed by atoms with E-state index in [2.05, 4.69) is 138 Å². The molecule has 54 heavy (non-hydrogen) atoms. The minimum absolute atomic E-state index is 0.0141. The van der Waals surface area contributed by atoms with E-state index in [1.165, 1.54) is 27.5 Å². The minimum Gasteiger partial charge on any atom is -0.457 e. The largest absolute Gasteiger partial charge is 0.457 e. The topological polar surface area (TPSA) is 63.7 Å². The standard InChI is InChI=1S/C49H28N4O/c50-28-29-17-20-36-37(25-29)32-9-1-2-12-35(32)46(36)30-18-21-44-40(26-30)49(38-13-7-23-51-47(38)48-39(49)14-8-24-52-48)41-27-31(19-22-45(41)54-44)53-42-15-5-3-10-33(42)34-11-4-6-16-43(34)53/h1-27,46H. The summed E-state index contributed by atoms with van der Waals surface area (Å²) in [7, 11) is 0. The normalized spacial score (nSPS) is 15.1. The number of pyridine rings is 2. The van der Waals surface area contributed by atoms with Crippen molar-refractivity contribution in [2.24, 2.45) is 0 Å². The van der Waals surface area contributed by atoms with Crippen molar-refractivity contribution in [1.29, 1.82) is 5.26 Å². The first-order valence-corrected chi connectivity index (χ1v) is 18.2. The Bertz CT molecular complexity index is 3030. The van der Waals surface area contributed by atoms with Crippen LogP contribution in [0, 0.1) is 11.3 Å². The highest BCUT2D eigenvalue weighted by atomic mass is 16.5. The van der Waals surface area contributed by atoms with Gasteiger partial charge in [0.25, 0.3) is 0 Å². The molecule has 1 spiro atoms. The number of nitriles is 1. The third kappa shape index (κ3) is 3.66. The molecule has 0 fully saturated rings. The van der Waals surface area contributed by atoms with Crippen LogP contribution < -0.4 is 4.74 Å². The molecule has 1 atom stereocenters. The lowest BCUT2D eigenvalue weighted by molar-refractivity contribution is 0.435. The minimum atomic E-state index is -0.757. The van der Waals surface area contributed by atoms with Gasteiger partial charge in [0.15, 0.2) is 0 Å². The van der Waals surface area contributed by atoms with E-state index in [0.717, 1.165) is 73.0 Å². The lowest BCUT2D eigenvalue weighted by atomic mass is 9.65. The lowest BCUT2D eigenvalue weighted by Crippen LogP contribution is -2.32. The van der Waals surface area contributed by atoms with E-state index in [0.29, 0.717) is 5.56 Å². The van der Waals surface area contributed by atoms with Gasteiger partial charge in [0, 0.05) is 45.9 Å². The highest BCUT2D eigenvalue weighted by molar-refractivity contribution is 6.09. The van der Waals surface area contributed by atoms with Gasteiger partial charge in [-0.2, -0.15) is 5.26 Å². The molecule has 0 N–H and O–H groups in total. The molecule has 9 aromatic rings. The van der Waals surface area contributed by atoms with Gasteiger partial charge in [-0.3, -0.25) is 9.97 Å². The maximum Gasteiger partial charge on any atom is 0.132 e. The smallest absolute Gasteiger partial charge is 0.132 e. The molecule has 0 saturated carbocycles. The van der Waals surface area contributed by atoms with Crippen LogP contribution in [0.15, 0.2) is 164 Å². The fourth-order valence-corrected chi connectivity index (χ4v) is 9.76. The summed E-state index contributed by atoms with van der Waals surface area (Å²) in [5.74, 6) is 1.61. The molecule has 5 heteroatoms. The van der Waals surface area contributed by atoms with Crippen molar-refractivity contribution in [3.63, 3.8) is 0 Å². The summed E-state index contributed by atoms with van der Waals surface area (Å²) in [5, 5.41) is 12.2. The number of nitrogens with zero attached hydrogens (tertiary/aromatic N) is 4. The van der Waals surface area contributed by atoms with Crippen LogP contribution in [0.5, 0.6) is 11.5 Å². The van der Waals surface area contributed by atoms with Crippen LogP contribution in [0.1, 0.15) is 50.4 Å². The van der Waals surface area contributed by atoms with Gasteiger partial charge in [-0.05, 0) is 106 Å². The first kappa shape index (κ1) is 29.3. The zero-order valence-electron chi connectivity index (χ0n) is 28.9. The van der Waals surface area contributed by atoms with Crippen LogP contribution >= 0.6 is 0 Å². The predicted molar refractivity (Wildman–Crippen MR) is 211 cm³/mol. The summed E-state index contributed by atoms with van der Waals surface area (Å²) in [6.07, 6.45) is 3.73. The summed E-state index contributed by atoms with van der Waals surface area (Å²) in [6.45, 7) is 0. The molecule has 1 unspecified atom stereocenters. The van der Waals surface area contributed by atoms with E-state index in [1.54, 1.807) is 0 Å². The van der Waals surface area contributed by atoms with Gasteiger partial charge in [-0.25, -0.2) is 0 Å². The molecule has 0 radical (unpaired) electrons. The molecule has 5 nitrogen and oxygen atoms in total. The van der Waals surface area contributed by atoms with Gasteiger partial charge >= 0.3 is 0 Å². The Morgan fingerprint density at radius 2 is 1.19 bits per heavy atom. The first-order chi connectivity index (χ1) is 26.7. The number of ether oxygens (including phenoxy) is 1.